The van der Waals surface area contributed by atoms with Crippen molar-refractivity contribution in [2.45, 2.75) is 39.8 Å². The topological polar surface area (TPSA) is 89.2 Å². The number of nitrogens with zero attached hydrogens (tertiary/aromatic N) is 1. The van der Waals surface area contributed by atoms with Crippen LogP contribution in [0.25, 0.3) is 5.76 Å². The van der Waals surface area contributed by atoms with Crippen LogP contribution in [0.15, 0.2) is 40.5 Å². The van der Waals surface area contributed by atoms with Crippen LogP contribution < -0.4 is 4.74 Å². The van der Waals surface area contributed by atoms with Crippen molar-refractivity contribution in [2.75, 3.05) is 20.3 Å². The van der Waals surface area contributed by atoms with Crippen LogP contribution in [0.2, 0.25) is 0 Å². The highest BCUT2D eigenvalue weighted by Crippen LogP contribution is 2.41. The van der Waals surface area contributed by atoms with Gasteiger partial charge in [-0.3, -0.25) is 9.59 Å². The van der Waals surface area contributed by atoms with E-state index < -0.39 is 17.7 Å². The highest BCUT2D eigenvalue weighted by Gasteiger charge is 2.47. The zero-order valence-electron chi connectivity index (χ0n) is 17.9. The number of aliphatic hydroxyl groups excluding tert-OH is 1. The first kappa shape index (κ1) is 21.6. The van der Waals surface area contributed by atoms with E-state index in [1.807, 2.05) is 33.8 Å². The second-order valence-corrected chi connectivity index (χ2v) is 7.59. The van der Waals surface area contributed by atoms with E-state index >= 15 is 0 Å². The van der Waals surface area contributed by atoms with Crippen LogP contribution in [0.4, 0.5) is 0 Å². The summed E-state index contributed by atoms with van der Waals surface area (Å²) in [5.41, 5.74) is 2.04. The van der Waals surface area contributed by atoms with E-state index in [0.717, 1.165) is 11.1 Å². The van der Waals surface area contributed by atoms with E-state index in [0.29, 0.717) is 17.1 Å². The minimum Gasteiger partial charge on any atom is -0.507 e. The van der Waals surface area contributed by atoms with Crippen molar-refractivity contribution in [2.24, 2.45) is 0 Å². The molecule has 1 atom stereocenters. The van der Waals surface area contributed by atoms with Crippen LogP contribution in [-0.4, -0.2) is 48.1 Å². The van der Waals surface area contributed by atoms with E-state index in [9.17, 15) is 14.7 Å². The van der Waals surface area contributed by atoms with E-state index in [1.54, 1.807) is 18.2 Å². The van der Waals surface area contributed by atoms with Crippen molar-refractivity contribution in [3.63, 3.8) is 0 Å². The van der Waals surface area contributed by atoms with Crippen LogP contribution in [0.5, 0.6) is 5.75 Å². The van der Waals surface area contributed by atoms with Gasteiger partial charge in [0.2, 0.25) is 0 Å². The number of furan rings is 1. The molecule has 1 N–H and O–H groups in total. The molecule has 1 aromatic carbocycles. The van der Waals surface area contributed by atoms with Gasteiger partial charge in [-0.2, -0.15) is 0 Å². The Bertz CT molecular complexity index is 974. The maximum absolute atomic E-state index is 13.0. The first-order chi connectivity index (χ1) is 14.3. The first-order valence-electron chi connectivity index (χ1n) is 9.85. The number of ketones is 1. The number of benzene rings is 1. The molecule has 0 saturated carbocycles. The molecule has 2 aromatic rings. The predicted octanol–water partition coefficient (Wildman–Crippen LogP) is 3.75. The minimum absolute atomic E-state index is 0.0107. The molecule has 0 aliphatic carbocycles. The number of hydrogen-bond acceptors (Lipinski definition) is 6. The molecule has 0 bridgehead atoms. The van der Waals surface area contributed by atoms with E-state index in [2.05, 4.69) is 0 Å². The molecule has 0 spiro atoms. The fourth-order valence-electron chi connectivity index (χ4n) is 3.79. The second kappa shape index (κ2) is 8.75. The van der Waals surface area contributed by atoms with Crippen LogP contribution in [0.1, 0.15) is 42.3 Å². The van der Waals surface area contributed by atoms with Crippen molar-refractivity contribution < 1.29 is 28.6 Å². The van der Waals surface area contributed by atoms with Crippen molar-refractivity contribution >= 4 is 17.4 Å². The third kappa shape index (κ3) is 3.98. The SMILES string of the molecule is COc1c(C)cc(C)cc1/C(O)=C1/C(=O)C(=O)N(CCOC(C)C)C1c1ccco1. The van der Waals surface area contributed by atoms with Gasteiger partial charge in [-0.05, 0) is 57.0 Å². The largest absolute Gasteiger partial charge is 0.507 e. The number of Topliss-reactive ketones (excluding diaryl/α,β-unsaturated/α-hetero) is 1. The van der Waals surface area contributed by atoms with Crippen LogP contribution >= 0.6 is 0 Å². The molecule has 1 unspecified atom stereocenters. The number of ether oxygens (including phenoxy) is 2. The van der Waals surface area contributed by atoms with Crippen molar-refractivity contribution in [3.05, 3.63) is 58.6 Å². The number of carbonyl (C=O) groups is 2. The number of amides is 1. The van der Waals surface area contributed by atoms with Gasteiger partial charge in [-0.25, -0.2) is 0 Å². The smallest absolute Gasteiger partial charge is 0.295 e. The summed E-state index contributed by atoms with van der Waals surface area (Å²) >= 11 is 0. The number of likely N-dealkylation sites (tertiary alicyclic amines) is 1. The highest BCUT2D eigenvalue weighted by atomic mass is 16.5. The molecular weight excluding hydrogens is 386 g/mol. The van der Waals surface area contributed by atoms with Gasteiger partial charge in [0, 0.05) is 6.54 Å². The Labute approximate surface area is 175 Å². The zero-order valence-corrected chi connectivity index (χ0v) is 17.9. The molecule has 1 saturated heterocycles. The maximum atomic E-state index is 13.0. The van der Waals surface area contributed by atoms with Crippen LogP contribution in [0.3, 0.4) is 0 Å². The number of aliphatic hydroxyl groups is 1. The molecule has 160 valence electrons. The average molecular weight is 413 g/mol. The van der Waals surface area contributed by atoms with Gasteiger partial charge in [0.1, 0.15) is 23.3 Å². The standard InChI is InChI=1S/C23H27NO6/c1-13(2)29-10-8-24-19(17-7-6-9-30-17)18(21(26)23(24)27)20(25)16-12-14(3)11-15(4)22(16)28-5/h6-7,9,11-13,19,25H,8,10H2,1-5H3/b20-18-. The molecule has 1 aliphatic heterocycles. The summed E-state index contributed by atoms with van der Waals surface area (Å²) in [6, 6.07) is 6.16. The molecular formula is C23H27NO6. The number of rotatable bonds is 7. The molecule has 0 radical (unpaired) electrons. The molecule has 7 nitrogen and oxygen atoms in total. The summed E-state index contributed by atoms with van der Waals surface area (Å²) in [5.74, 6) is -0.909. The molecule has 7 heteroatoms. The number of carbonyl (C=O) groups excluding carboxylic acids is 2. The van der Waals surface area contributed by atoms with Gasteiger partial charge in [-0.15, -0.1) is 0 Å². The lowest BCUT2D eigenvalue weighted by molar-refractivity contribution is -0.140. The lowest BCUT2D eigenvalue weighted by atomic mass is 9.96. The third-order valence-corrected chi connectivity index (χ3v) is 5.01. The van der Waals surface area contributed by atoms with Gasteiger partial charge in [0.05, 0.1) is 37.2 Å². The number of hydrogen-bond donors (Lipinski definition) is 1. The Balaban J connectivity index is 2.14. The summed E-state index contributed by atoms with van der Waals surface area (Å²) in [4.78, 5) is 27.2. The molecule has 30 heavy (non-hydrogen) atoms. The molecule has 1 aromatic heterocycles. The Morgan fingerprint density at radius 3 is 2.60 bits per heavy atom. The fraction of sp³-hybridized carbons (Fsp3) is 0.391. The minimum atomic E-state index is -0.846. The predicted molar refractivity (Wildman–Crippen MR) is 111 cm³/mol. The van der Waals surface area contributed by atoms with Gasteiger partial charge < -0.3 is 23.9 Å². The van der Waals surface area contributed by atoms with Crippen LogP contribution in [0, 0.1) is 13.8 Å². The molecule has 2 heterocycles. The zero-order chi connectivity index (χ0) is 22.0. The van der Waals surface area contributed by atoms with Gasteiger partial charge in [0.25, 0.3) is 11.7 Å². The monoisotopic (exact) mass is 413 g/mol. The van der Waals surface area contributed by atoms with Crippen molar-refractivity contribution in [1.29, 1.82) is 0 Å². The van der Waals surface area contributed by atoms with Crippen molar-refractivity contribution in [3.8, 4) is 5.75 Å². The van der Waals surface area contributed by atoms with Gasteiger partial charge >= 0.3 is 0 Å². The maximum Gasteiger partial charge on any atom is 0.295 e. The fourth-order valence-corrected chi connectivity index (χ4v) is 3.79. The Hall–Kier alpha value is -3.06. The summed E-state index contributed by atoms with van der Waals surface area (Å²) < 4.78 is 16.6. The average Bonchev–Trinajstić information content (AvgIpc) is 3.29. The molecule has 1 amide bonds. The summed E-state index contributed by atoms with van der Waals surface area (Å²) in [6.07, 6.45) is 1.46. The second-order valence-electron chi connectivity index (χ2n) is 7.59. The Morgan fingerprint density at radius 2 is 2.00 bits per heavy atom. The Kier molecular flexibility index (Phi) is 6.31. The normalized spacial score (nSPS) is 18.5. The lowest BCUT2D eigenvalue weighted by Gasteiger charge is -2.24. The van der Waals surface area contributed by atoms with Gasteiger partial charge in [0.15, 0.2) is 0 Å². The Morgan fingerprint density at radius 1 is 1.27 bits per heavy atom. The summed E-state index contributed by atoms with van der Waals surface area (Å²) in [6.45, 7) is 7.97. The first-order valence-corrected chi connectivity index (χ1v) is 9.85. The van der Waals surface area contributed by atoms with E-state index in [1.165, 1.54) is 18.3 Å². The highest BCUT2D eigenvalue weighted by molar-refractivity contribution is 6.46. The van der Waals surface area contributed by atoms with Crippen molar-refractivity contribution in [1.82, 2.24) is 4.90 Å². The summed E-state index contributed by atoms with van der Waals surface area (Å²) in [5, 5.41) is 11.2. The number of aryl methyl sites for hydroxylation is 2. The molecule has 3 rings (SSSR count). The molecule has 1 aliphatic rings. The third-order valence-electron chi connectivity index (χ3n) is 5.01. The van der Waals surface area contributed by atoms with Crippen LogP contribution in [-0.2, 0) is 14.3 Å². The quantitative estimate of drug-likeness (QED) is 0.422. The van der Waals surface area contributed by atoms with E-state index in [4.69, 9.17) is 13.9 Å². The van der Waals surface area contributed by atoms with E-state index in [-0.39, 0.29) is 30.6 Å². The lowest BCUT2D eigenvalue weighted by Crippen LogP contribution is -2.33. The van der Waals surface area contributed by atoms with Gasteiger partial charge in [-0.1, -0.05) is 6.07 Å². The molecule has 1 fully saturated rings. The number of methoxy groups -OCH3 is 1. The summed E-state index contributed by atoms with van der Waals surface area (Å²) in [7, 11) is 1.50.